The second kappa shape index (κ2) is 3.57. The van der Waals surface area contributed by atoms with Crippen LogP contribution in [-0.2, 0) is 0 Å². The smallest absolute Gasteiger partial charge is 0.0969 e. The maximum Gasteiger partial charge on any atom is 0.0969 e. The third kappa shape index (κ3) is 1.99. The molecule has 0 unspecified atom stereocenters. The molecule has 0 amide bonds. The van der Waals surface area contributed by atoms with Crippen molar-refractivity contribution in [1.29, 1.82) is 0 Å². The number of hydrogen-bond donors (Lipinski definition) is 0. The van der Waals surface area contributed by atoms with Crippen LogP contribution in [0.3, 0.4) is 0 Å². The lowest BCUT2D eigenvalue weighted by molar-refractivity contribution is 0.544. The largest absolute Gasteiger partial charge is 0.250 e. The molecule has 1 rings (SSSR count). The van der Waals surface area contributed by atoms with Crippen molar-refractivity contribution < 1.29 is 4.39 Å². The van der Waals surface area contributed by atoms with Crippen LogP contribution in [0.1, 0.15) is 5.56 Å². The van der Waals surface area contributed by atoms with Crippen LogP contribution in [0.4, 0.5) is 4.39 Å². The summed E-state index contributed by atoms with van der Waals surface area (Å²) < 4.78 is 11.7. The minimum absolute atomic E-state index is 0.444. The van der Waals surface area contributed by atoms with Gasteiger partial charge < -0.3 is 0 Å². The minimum Gasteiger partial charge on any atom is -0.250 e. The highest BCUT2D eigenvalue weighted by atomic mass is 35.5. The Balaban J connectivity index is 2.75. The van der Waals surface area contributed by atoms with Gasteiger partial charge in [0.2, 0.25) is 0 Å². The first-order valence-electron chi connectivity index (χ1n) is 2.97. The van der Waals surface area contributed by atoms with Crippen molar-refractivity contribution in [1.82, 2.24) is 0 Å². The lowest BCUT2D eigenvalue weighted by atomic mass is 10.2. The maximum atomic E-state index is 11.7. The number of benzene rings is 1. The van der Waals surface area contributed by atoms with Crippen LogP contribution >= 0.6 is 11.6 Å². The number of hydrogen-bond acceptors (Lipinski definition) is 0. The molecule has 0 spiro atoms. The fourth-order valence-electron chi connectivity index (χ4n) is 0.723. The van der Waals surface area contributed by atoms with Gasteiger partial charge in [-0.1, -0.05) is 23.7 Å². The van der Waals surface area contributed by atoms with Gasteiger partial charge in [-0.2, -0.15) is 0 Å². The molecule has 0 atom stereocenters. The zero-order valence-electron chi connectivity index (χ0n) is 5.35. The average Bonchev–Trinajstić information content (AvgIpc) is 1.88. The quantitative estimate of drug-likeness (QED) is 0.619. The topological polar surface area (TPSA) is 0 Å². The summed E-state index contributed by atoms with van der Waals surface area (Å²) in [5.74, 6) is 0. The molecule has 0 aliphatic heterocycles. The zero-order chi connectivity index (χ0) is 7.40. The maximum absolute atomic E-state index is 11.7. The van der Waals surface area contributed by atoms with Crippen molar-refractivity contribution in [2.75, 3.05) is 6.67 Å². The molecule has 0 nitrogen and oxygen atoms in total. The lowest BCUT2D eigenvalue weighted by Gasteiger charge is -1.95. The number of alkyl halides is 1. The molecular formula is C8H7ClF. The molecule has 1 aromatic rings. The van der Waals surface area contributed by atoms with Gasteiger partial charge in [0, 0.05) is 11.4 Å². The molecule has 0 aliphatic rings. The van der Waals surface area contributed by atoms with Crippen LogP contribution in [0, 0.1) is 6.42 Å². The van der Waals surface area contributed by atoms with Crippen molar-refractivity contribution in [3.05, 3.63) is 41.3 Å². The molecule has 2 heteroatoms. The Morgan fingerprint density at radius 1 is 1.50 bits per heavy atom. The molecule has 0 aromatic heterocycles. The van der Waals surface area contributed by atoms with E-state index >= 15 is 0 Å². The molecule has 10 heavy (non-hydrogen) atoms. The monoisotopic (exact) mass is 157 g/mol. The molecule has 0 fully saturated rings. The SMILES string of the molecule is FC[CH]c1cccc(Cl)c1. The van der Waals surface area contributed by atoms with Gasteiger partial charge in [-0.3, -0.25) is 4.39 Å². The average molecular weight is 158 g/mol. The lowest BCUT2D eigenvalue weighted by Crippen LogP contribution is -1.81. The summed E-state index contributed by atoms with van der Waals surface area (Å²) in [6, 6.07) is 7.09. The minimum atomic E-state index is -0.444. The predicted octanol–water partition coefficient (Wildman–Crippen LogP) is 2.86. The second-order valence-corrected chi connectivity index (χ2v) is 2.35. The summed E-state index contributed by atoms with van der Waals surface area (Å²) in [6.45, 7) is -0.444. The van der Waals surface area contributed by atoms with Crippen molar-refractivity contribution in [3.63, 3.8) is 0 Å². The van der Waals surface area contributed by atoms with Crippen LogP contribution < -0.4 is 0 Å². The molecule has 0 aliphatic carbocycles. The molecule has 0 N–H and O–H groups in total. The van der Waals surface area contributed by atoms with E-state index in [0.717, 1.165) is 5.56 Å². The number of halogens is 2. The third-order valence-electron chi connectivity index (χ3n) is 1.16. The van der Waals surface area contributed by atoms with Gasteiger partial charge >= 0.3 is 0 Å². The molecule has 0 bridgehead atoms. The highest BCUT2D eigenvalue weighted by Crippen LogP contribution is 2.11. The van der Waals surface area contributed by atoms with E-state index in [0.29, 0.717) is 5.02 Å². The Hall–Kier alpha value is -0.560. The summed E-state index contributed by atoms with van der Waals surface area (Å²) >= 11 is 5.64. The van der Waals surface area contributed by atoms with Gasteiger partial charge in [0.05, 0.1) is 6.67 Å². The van der Waals surface area contributed by atoms with Crippen molar-refractivity contribution in [2.24, 2.45) is 0 Å². The van der Waals surface area contributed by atoms with Gasteiger partial charge in [0.15, 0.2) is 0 Å². The highest BCUT2D eigenvalue weighted by Gasteiger charge is 1.92. The number of rotatable bonds is 2. The predicted molar refractivity (Wildman–Crippen MR) is 40.8 cm³/mol. The van der Waals surface area contributed by atoms with Crippen LogP contribution in [-0.4, -0.2) is 6.67 Å². The fourth-order valence-corrected chi connectivity index (χ4v) is 0.921. The van der Waals surface area contributed by atoms with Crippen LogP contribution in [0.2, 0.25) is 5.02 Å². The Morgan fingerprint density at radius 2 is 2.30 bits per heavy atom. The van der Waals surface area contributed by atoms with Crippen LogP contribution in [0.15, 0.2) is 24.3 Å². The normalized spacial score (nSPS) is 9.80. The molecule has 0 heterocycles. The van der Waals surface area contributed by atoms with Crippen LogP contribution in [0.25, 0.3) is 0 Å². The standard InChI is InChI=1S/C8H7ClF/c9-8-3-1-2-7(6-8)4-5-10/h1-4,6H,5H2. The van der Waals surface area contributed by atoms with E-state index in [9.17, 15) is 4.39 Å². The molecule has 53 valence electrons. The molecule has 1 radical (unpaired) electrons. The van der Waals surface area contributed by atoms with Gasteiger partial charge in [0.25, 0.3) is 0 Å². The van der Waals surface area contributed by atoms with E-state index in [1.54, 1.807) is 18.2 Å². The van der Waals surface area contributed by atoms with E-state index in [1.807, 2.05) is 6.07 Å². The summed E-state index contributed by atoms with van der Waals surface area (Å²) in [7, 11) is 0. The van der Waals surface area contributed by atoms with E-state index < -0.39 is 6.67 Å². The van der Waals surface area contributed by atoms with E-state index in [1.165, 1.54) is 6.42 Å². The van der Waals surface area contributed by atoms with Gasteiger partial charge in [0.1, 0.15) is 0 Å². The first-order valence-corrected chi connectivity index (χ1v) is 3.35. The molecule has 1 aromatic carbocycles. The summed E-state index contributed by atoms with van der Waals surface area (Å²) in [6.07, 6.45) is 1.48. The van der Waals surface area contributed by atoms with E-state index in [-0.39, 0.29) is 0 Å². The van der Waals surface area contributed by atoms with Crippen molar-refractivity contribution >= 4 is 11.6 Å². The highest BCUT2D eigenvalue weighted by molar-refractivity contribution is 6.30. The van der Waals surface area contributed by atoms with E-state index in [2.05, 4.69) is 0 Å². The summed E-state index contributed by atoms with van der Waals surface area (Å²) in [5.41, 5.74) is 0.829. The fraction of sp³-hybridized carbons (Fsp3) is 0.125. The zero-order valence-corrected chi connectivity index (χ0v) is 6.11. The first kappa shape index (κ1) is 7.55. The Morgan fingerprint density at radius 3 is 2.90 bits per heavy atom. The molecule has 0 saturated carbocycles. The Kier molecular flexibility index (Phi) is 2.69. The first-order chi connectivity index (χ1) is 4.83. The van der Waals surface area contributed by atoms with E-state index in [4.69, 9.17) is 11.6 Å². The Labute approximate surface area is 64.6 Å². The van der Waals surface area contributed by atoms with Crippen molar-refractivity contribution in [2.45, 2.75) is 0 Å². The van der Waals surface area contributed by atoms with Gasteiger partial charge in [-0.05, 0) is 17.7 Å². The van der Waals surface area contributed by atoms with Gasteiger partial charge in [-0.25, -0.2) is 0 Å². The Bertz CT molecular complexity index is 210. The van der Waals surface area contributed by atoms with Crippen LogP contribution in [0.5, 0.6) is 0 Å². The molecular weight excluding hydrogens is 151 g/mol. The molecule has 0 saturated heterocycles. The third-order valence-corrected chi connectivity index (χ3v) is 1.40. The summed E-state index contributed by atoms with van der Waals surface area (Å²) in [5, 5.41) is 0.641. The van der Waals surface area contributed by atoms with Gasteiger partial charge in [-0.15, -0.1) is 0 Å². The second-order valence-electron chi connectivity index (χ2n) is 1.91. The van der Waals surface area contributed by atoms with Crippen molar-refractivity contribution in [3.8, 4) is 0 Å². The summed E-state index contributed by atoms with van der Waals surface area (Å²) in [4.78, 5) is 0.